The van der Waals surface area contributed by atoms with Gasteiger partial charge in [0.05, 0.1) is 19.4 Å². The van der Waals surface area contributed by atoms with Gasteiger partial charge < -0.3 is 9.47 Å². The molecule has 1 N–H and O–H groups in total. The molecule has 34 heavy (non-hydrogen) atoms. The Morgan fingerprint density at radius 3 is 1.76 bits per heavy atom. The second-order valence-corrected chi connectivity index (χ2v) is 8.67. The molecule has 2 aromatic rings. The highest BCUT2D eigenvalue weighted by molar-refractivity contribution is 5.95. The van der Waals surface area contributed by atoms with E-state index in [2.05, 4.69) is 24.4 Å². The summed E-state index contributed by atoms with van der Waals surface area (Å²) in [5, 5.41) is 4.06. The summed E-state index contributed by atoms with van der Waals surface area (Å²) >= 11 is 0. The Labute approximate surface area is 205 Å². The largest absolute Gasteiger partial charge is 0.494 e. The van der Waals surface area contributed by atoms with Crippen LogP contribution in [0, 0.1) is 0 Å². The van der Waals surface area contributed by atoms with Crippen molar-refractivity contribution in [2.24, 2.45) is 5.10 Å². The van der Waals surface area contributed by atoms with E-state index in [1.54, 1.807) is 18.3 Å². The van der Waals surface area contributed by atoms with Crippen LogP contribution in [-0.4, -0.2) is 25.3 Å². The number of carbonyl (C=O) groups is 1. The molecule has 0 aliphatic heterocycles. The van der Waals surface area contributed by atoms with Crippen molar-refractivity contribution in [3.8, 4) is 11.5 Å². The predicted molar refractivity (Wildman–Crippen MR) is 141 cm³/mol. The lowest BCUT2D eigenvalue weighted by molar-refractivity contribution is 0.0955. The second kappa shape index (κ2) is 17.6. The average Bonchev–Trinajstić information content (AvgIpc) is 2.87. The fourth-order valence-electron chi connectivity index (χ4n) is 3.55. The minimum absolute atomic E-state index is 0.248. The summed E-state index contributed by atoms with van der Waals surface area (Å²) < 4.78 is 11.5. The summed E-state index contributed by atoms with van der Waals surface area (Å²) in [7, 11) is 0. The Morgan fingerprint density at radius 2 is 1.18 bits per heavy atom. The number of nitrogens with zero attached hydrogens (tertiary/aromatic N) is 1. The molecule has 186 valence electrons. The van der Waals surface area contributed by atoms with Crippen LogP contribution in [0.2, 0.25) is 0 Å². The van der Waals surface area contributed by atoms with Crippen LogP contribution in [0.5, 0.6) is 11.5 Å². The number of carbonyl (C=O) groups excluding carboxylic acids is 1. The van der Waals surface area contributed by atoms with Gasteiger partial charge in [0.2, 0.25) is 0 Å². The molecule has 0 bridgehead atoms. The van der Waals surface area contributed by atoms with E-state index < -0.39 is 0 Å². The summed E-state index contributed by atoms with van der Waals surface area (Å²) in [6, 6.07) is 14.9. The normalized spacial score (nSPS) is 11.0. The molecule has 0 spiro atoms. The number of hydrogen-bond acceptors (Lipinski definition) is 4. The molecule has 2 rings (SSSR count). The number of hydrogen-bond donors (Lipinski definition) is 1. The zero-order chi connectivity index (χ0) is 24.3. The van der Waals surface area contributed by atoms with Crippen molar-refractivity contribution in [1.29, 1.82) is 0 Å². The van der Waals surface area contributed by atoms with Gasteiger partial charge >= 0.3 is 0 Å². The third kappa shape index (κ3) is 11.9. The van der Waals surface area contributed by atoms with Crippen LogP contribution in [0.3, 0.4) is 0 Å². The highest BCUT2D eigenvalue weighted by Gasteiger charge is 2.04. The lowest BCUT2D eigenvalue weighted by atomic mass is 10.1. The van der Waals surface area contributed by atoms with Gasteiger partial charge in [-0.25, -0.2) is 5.43 Å². The van der Waals surface area contributed by atoms with E-state index in [1.165, 1.54) is 57.8 Å². The van der Waals surface area contributed by atoms with Gasteiger partial charge in [0.25, 0.3) is 5.91 Å². The highest BCUT2D eigenvalue weighted by Crippen LogP contribution is 2.14. The number of hydrazone groups is 1. The molecule has 0 unspecified atom stereocenters. The maximum absolute atomic E-state index is 12.3. The Hall–Kier alpha value is -2.82. The van der Waals surface area contributed by atoms with Crippen molar-refractivity contribution in [3.05, 3.63) is 59.7 Å². The van der Waals surface area contributed by atoms with Gasteiger partial charge in [0, 0.05) is 5.56 Å². The molecule has 2 aromatic carbocycles. The highest BCUT2D eigenvalue weighted by atomic mass is 16.5. The molecule has 0 heterocycles. The van der Waals surface area contributed by atoms with Gasteiger partial charge in [-0.1, -0.05) is 71.6 Å². The minimum Gasteiger partial charge on any atom is -0.494 e. The van der Waals surface area contributed by atoms with Crippen LogP contribution < -0.4 is 14.9 Å². The van der Waals surface area contributed by atoms with Gasteiger partial charge in [0.15, 0.2) is 0 Å². The summed E-state index contributed by atoms with van der Waals surface area (Å²) in [5.41, 5.74) is 4.02. The molecule has 5 nitrogen and oxygen atoms in total. The van der Waals surface area contributed by atoms with Crippen molar-refractivity contribution in [2.75, 3.05) is 13.2 Å². The Morgan fingerprint density at radius 1 is 0.706 bits per heavy atom. The molecule has 0 aromatic heterocycles. The maximum atomic E-state index is 12.3. The fraction of sp³-hybridized carbons (Fsp3) is 0.517. The zero-order valence-corrected chi connectivity index (χ0v) is 21.1. The molecule has 0 radical (unpaired) electrons. The van der Waals surface area contributed by atoms with E-state index in [9.17, 15) is 4.79 Å². The number of rotatable bonds is 18. The van der Waals surface area contributed by atoms with Gasteiger partial charge in [-0.15, -0.1) is 0 Å². The molecule has 1 amide bonds. The molecule has 0 aliphatic carbocycles. The van der Waals surface area contributed by atoms with Gasteiger partial charge in [0.1, 0.15) is 11.5 Å². The van der Waals surface area contributed by atoms with Crippen LogP contribution in [-0.2, 0) is 0 Å². The molecule has 0 saturated heterocycles. The Kier molecular flexibility index (Phi) is 14.2. The lowest BCUT2D eigenvalue weighted by Crippen LogP contribution is -2.17. The van der Waals surface area contributed by atoms with Crippen molar-refractivity contribution >= 4 is 12.1 Å². The van der Waals surface area contributed by atoms with Crippen LogP contribution in [0.1, 0.15) is 100 Å². The van der Waals surface area contributed by atoms with E-state index in [1.807, 2.05) is 36.4 Å². The average molecular weight is 467 g/mol. The summed E-state index contributed by atoms with van der Waals surface area (Å²) in [4.78, 5) is 12.3. The topological polar surface area (TPSA) is 59.9 Å². The van der Waals surface area contributed by atoms with Crippen LogP contribution in [0.15, 0.2) is 53.6 Å². The van der Waals surface area contributed by atoms with Gasteiger partial charge in [-0.2, -0.15) is 5.10 Å². The standard InChI is InChI=1S/C29H42N2O3/c1-3-5-7-8-9-10-11-13-23-34-28-20-16-26(17-21-28)29(32)31-30-24-25-14-18-27(19-15-25)33-22-12-6-4-2/h14-21,24H,3-13,22-23H2,1-2H3,(H,31,32). The molecule has 0 atom stereocenters. The summed E-state index contributed by atoms with van der Waals surface area (Å²) in [5.74, 6) is 1.39. The third-order valence-electron chi connectivity index (χ3n) is 5.66. The SMILES string of the molecule is CCCCCCCCCCOc1ccc(C(=O)NN=Cc2ccc(OCCCCC)cc2)cc1. The van der Waals surface area contributed by atoms with Gasteiger partial charge in [-0.05, 0) is 66.9 Å². The quantitative estimate of drug-likeness (QED) is 0.140. The smallest absolute Gasteiger partial charge is 0.271 e. The monoisotopic (exact) mass is 466 g/mol. The zero-order valence-electron chi connectivity index (χ0n) is 21.1. The van der Waals surface area contributed by atoms with E-state index in [0.29, 0.717) is 12.2 Å². The Balaban J connectivity index is 1.63. The first kappa shape index (κ1) is 27.4. The summed E-state index contributed by atoms with van der Waals surface area (Å²) in [6.45, 7) is 5.88. The van der Waals surface area contributed by atoms with E-state index in [-0.39, 0.29) is 5.91 Å². The van der Waals surface area contributed by atoms with E-state index >= 15 is 0 Å². The number of ether oxygens (including phenoxy) is 2. The van der Waals surface area contributed by atoms with Crippen molar-refractivity contribution in [1.82, 2.24) is 5.43 Å². The number of benzene rings is 2. The van der Waals surface area contributed by atoms with E-state index in [0.717, 1.165) is 36.5 Å². The molecular formula is C29H42N2O3. The number of amides is 1. The lowest BCUT2D eigenvalue weighted by Gasteiger charge is -2.07. The summed E-state index contributed by atoms with van der Waals surface area (Å²) in [6.07, 6.45) is 15.3. The number of unbranched alkanes of at least 4 members (excludes halogenated alkanes) is 9. The predicted octanol–water partition coefficient (Wildman–Crippen LogP) is 7.54. The number of nitrogens with one attached hydrogen (secondary N) is 1. The minimum atomic E-state index is -0.248. The van der Waals surface area contributed by atoms with Crippen molar-refractivity contribution < 1.29 is 14.3 Å². The van der Waals surface area contributed by atoms with Crippen LogP contribution in [0.25, 0.3) is 0 Å². The first-order valence-electron chi connectivity index (χ1n) is 13.0. The van der Waals surface area contributed by atoms with Crippen molar-refractivity contribution in [2.45, 2.75) is 84.5 Å². The van der Waals surface area contributed by atoms with Crippen molar-refractivity contribution in [3.63, 3.8) is 0 Å². The van der Waals surface area contributed by atoms with Crippen LogP contribution in [0.4, 0.5) is 0 Å². The molecular weight excluding hydrogens is 424 g/mol. The Bertz CT molecular complexity index is 816. The van der Waals surface area contributed by atoms with E-state index in [4.69, 9.17) is 9.47 Å². The molecule has 0 saturated carbocycles. The van der Waals surface area contributed by atoms with Crippen LogP contribution >= 0.6 is 0 Å². The maximum Gasteiger partial charge on any atom is 0.271 e. The first-order chi connectivity index (χ1) is 16.7. The second-order valence-electron chi connectivity index (χ2n) is 8.67. The fourth-order valence-corrected chi connectivity index (χ4v) is 3.55. The third-order valence-corrected chi connectivity index (χ3v) is 5.66. The van der Waals surface area contributed by atoms with Gasteiger partial charge in [-0.3, -0.25) is 4.79 Å². The first-order valence-corrected chi connectivity index (χ1v) is 13.0. The molecule has 5 heteroatoms. The molecule has 0 fully saturated rings. The molecule has 0 aliphatic rings.